The molecule has 0 heterocycles. The third kappa shape index (κ3) is 2.51. The Bertz CT molecular complexity index is 383. The summed E-state index contributed by atoms with van der Waals surface area (Å²) in [6.07, 6.45) is 1.15. The molecule has 1 saturated carbocycles. The number of hydroxylamine groups is 1. The van der Waals surface area contributed by atoms with Crippen LogP contribution in [0.3, 0.4) is 0 Å². The van der Waals surface area contributed by atoms with Gasteiger partial charge in [-0.05, 0) is 42.9 Å². The van der Waals surface area contributed by atoms with Gasteiger partial charge in [0.2, 0.25) is 0 Å². The fourth-order valence-corrected chi connectivity index (χ4v) is 2.75. The van der Waals surface area contributed by atoms with Gasteiger partial charge in [-0.15, -0.1) is 0 Å². The van der Waals surface area contributed by atoms with Gasteiger partial charge in [0.05, 0.1) is 7.11 Å². The fraction of sp³-hybridized carbons (Fsp3) is 0.500. The lowest BCUT2D eigenvalue weighted by Gasteiger charge is -2.11. The fourth-order valence-electron chi connectivity index (χ4n) is 2.20. The number of halogens is 2. The molecule has 16 heavy (non-hydrogen) atoms. The summed E-state index contributed by atoms with van der Waals surface area (Å²) >= 11 is 12.0. The molecule has 3 atom stereocenters. The van der Waals surface area contributed by atoms with Crippen molar-refractivity contribution in [3.8, 4) is 0 Å². The van der Waals surface area contributed by atoms with Crippen LogP contribution in [0, 0.1) is 5.92 Å². The summed E-state index contributed by atoms with van der Waals surface area (Å²) in [5.74, 6) is 1.13. The molecule has 4 heteroatoms. The average molecular weight is 260 g/mol. The van der Waals surface area contributed by atoms with Gasteiger partial charge >= 0.3 is 0 Å². The zero-order valence-electron chi connectivity index (χ0n) is 9.34. The largest absolute Gasteiger partial charge is 0.305 e. The van der Waals surface area contributed by atoms with Crippen molar-refractivity contribution in [1.29, 1.82) is 0 Å². The Balaban J connectivity index is 2.05. The van der Waals surface area contributed by atoms with Crippen LogP contribution in [0.1, 0.15) is 24.8 Å². The molecule has 0 bridgehead atoms. The second-order valence-corrected chi connectivity index (χ2v) is 5.13. The predicted molar refractivity (Wildman–Crippen MR) is 66.9 cm³/mol. The van der Waals surface area contributed by atoms with Crippen molar-refractivity contribution in [3.05, 3.63) is 33.8 Å². The number of rotatable bonds is 4. The molecular formula is C12H15Cl2NO. The molecular weight excluding hydrogens is 245 g/mol. The highest BCUT2D eigenvalue weighted by atomic mass is 35.5. The van der Waals surface area contributed by atoms with Crippen molar-refractivity contribution in [2.75, 3.05) is 7.11 Å². The van der Waals surface area contributed by atoms with Crippen LogP contribution in [0.4, 0.5) is 0 Å². The van der Waals surface area contributed by atoms with E-state index in [1.54, 1.807) is 7.11 Å². The van der Waals surface area contributed by atoms with Gasteiger partial charge in [0.1, 0.15) is 0 Å². The SMILES string of the molecule is CONC(C)[C@@H]1C[C@H]1c1ccc(Cl)cc1Cl. The topological polar surface area (TPSA) is 21.3 Å². The minimum absolute atomic E-state index is 0.349. The molecule has 1 aromatic rings. The van der Waals surface area contributed by atoms with Crippen molar-refractivity contribution in [1.82, 2.24) is 5.48 Å². The molecule has 2 nitrogen and oxygen atoms in total. The van der Waals surface area contributed by atoms with E-state index in [1.807, 2.05) is 18.2 Å². The molecule has 0 saturated heterocycles. The molecule has 1 aliphatic carbocycles. The zero-order valence-corrected chi connectivity index (χ0v) is 10.8. The lowest BCUT2D eigenvalue weighted by atomic mass is 10.1. The first-order chi connectivity index (χ1) is 7.63. The Morgan fingerprint density at radius 1 is 1.44 bits per heavy atom. The van der Waals surface area contributed by atoms with Crippen LogP contribution in [-0.4, -0.2) is 13.2 Å². The van der Waals surface area contributed by atoms with Crippen molar-refractivity contribution < 1.29 is 4.84 Å². The van der Waals surface area contributed by atoms with Crippen LogP contribution in [-0.2, 0) is 4.84 Å². The summed E-state index contributed by atoms with van der Waals surface area (Å²) in [6, 6.07) is 6.07. The molecule has 0 aromatic heterocycles. The molecule has 1 fully saturated rings. The third-order valence-electron chi connectivity index (χ3n) is 3.15. The van der Waals surface area contributed by atoms with Crippen molar-refractivity contribution in [3.63, 3.8) is 0 Å². The highest BCUT2D eigenvalue weighted by molar-refractivity contribution is 6.35. The molecule has 1 N–H and O–H groups in total. The van der Waals surface area contributed by atoms with Crippen LogP contribution in [0.15, 0.2) is 18.2 Å². The number of nitrogens with one attached hydrogen (secondary N) is 1. The summed E-state index contributed by atoms with van der Waals surface area (Å²) in [6.45, 7) is 2.12. The lowest BCUT2D eigenvalue weighted by molar-refractivity contribution is 0.0591. The minimum atomic E-state index is 0.349. The Kier molecular flexibility index (Phi) is 3.75. The van der Waals surface area contributed by atoms with E-state index in [2.05, 4.69) is 12.4 Å². The Labute approximate surface area is 106 Å². The molecule has 0 aliphatic heterocycles. The van der Waals surface area contributed by atoms with E-state index in [1.165, 1.54) is 5.56 Å². The van der Waals surface area contributed by atoms with Crippen molar-refractivity contribution in [2.24, 2.45) is 5.92 Å². The van der Waals surface area contributed by atoms with Crippen LogP contribution in [0.25, 0.3) is 0 Å². The van der Waals surface area contributed by atoms with Gasteiger partial charge in [-0.3, -0.25) is 0 Å². The van der Waals surface area contributed by atoms with E-state index in [0.717, 1.165) is 11.4 Å². The maximum absolute atomic E-state index is 6.18. The van der Waals surface area contributed by atoms with Crippen LogP contribution < -0.4 is 5.48 Å². The zero-order chi connectivity index (χ0) is 11.7. The van der Waals surface area contributed by atoms with E-state index >= 15 is 0 Å². The molecule has 0 amide bonds. The molecule has 88 valence electrons. The van der Waals surface area contributed by atoms with Crippen LogP contribution in [0.5, 0.6) is 0 Å². The van der Waals surface area contributed by atoms with Gasteiger partial charge in [0, 0.05) is 16.1 Å². The van der Waals surface area contributed by atoms with Gasteiger partial charge in [0.15, 0.2) is 0 Å². The number of hydrogen-bond acceptors (Lipinski definition) is 2. The van der Waals surface area contributed by atoms with E-state index < -0.39 is 0 Å². The third-order valence-corrected chi connectivity index (χ3v) is 3.71. The Morgan fingerprint density at radius 2 is 2.19 bits per heavy atom. The molecule has 1 aliphatic rings. The van der Waals surface area contributed by atoms with E-state index in [9.17, 15) is 0 Å². The quantitative estimate of drug-likeness (QED) is 0.834. The van der Waals surface area contributed by atoms with Crippen molar-refractivity contribution >= 4 is 23.2 Å². The highest BCUT2D eigenvalue weighted by Gasteiger charge is 2.43. The van der Waals surface area contributed by atoms with Gasteiger partial charge in [0.25, 0.3) is 0 Å². The maximum atomic E-state index is 6.18. The lowest BCUT2D eigenvalue weighted by Crippen LogP contribution is -2.27. The number of benzene rings is 1. The van der Waals surface area contributed by atoms with Crippen molar-refractivity contribution in [2.45, 2.75) is 25.3 Å². The molecule has 2 rings (SSSR count). The second-order valence-electron chi connectivity index (χ2n) is 4.28. The van der Waals surface area contributed by atoms with Gasteiger partial charge in [-0.1, -0.05) is 29.3 Å². The standard InChI is InChI=1S/C12H15Cl2NO/c1-7(15-16-2)10-6-11(10)9-4-3-8(13)5-12(9)14/h3-5,7,10-11,15H,6H2,1-2H3/t7?,10-,11-/m0/s1. The van der Waals surface area contributed by atoms with E-state index in [0.29, 0.717) is 22.9 Å². The monoisotopic (exact) mass is 259 g/mol. The van der Waals surface area contributed by atoms with Gasteiger partial charge in [-0.2, -0.15) is 5.48 Å². The summed E-state index contributed by atoms with van der Waals surface area (Å²) in [4.78, 5) is 4.93. The molecule has 0 radical (unpaired) electrons. The normalized spacial score (nSPS) is 25.5. The minimum Gasteiger partial charge on any atom is -0.305 e. The first kappa shape index (κ1) is 12.2. The summed E-state index contributed by atoms with van der Waals surface area (Å²) < 4.78 is 0. The first-order valence-electron chi connectivity index (χ1n) is 5.37. The predicted octanol–water partition coefficient (Wildman–Crippen LogP) is 3.64. The van der Waals surface area contributed by atoms with Crippen LogP contribution >= 0.6 is 23.2 Å². The first-order valence-corrected chi connectivity index (χ1v) is 6.12. The molecule has 1 aromatic carbocycles. The van der Waals surface area contributed by atoms with E-state index in [4.69, 9.17) is 28.0 Å². The molecule has 1 unspecified atom stereocenters. The van der Waals surface area contributed by atoms with Gasteiger partial charge in [-0.25, -0.2) is 0 Å². The highest BCUT2D eigenvalue weighted by Crippen LogP contribution is 2.51. The Morgan fingerprint density at radius 3 is 2.81 bits per heavy atom. The second kappa shape index (κ2) is 4.92. The molecule has 0 spiro atoms. The maximum Gasteiger partial charge on any atom is 0.0572 e. The van der Waals surface area contributed by atoms with Crippen LogP contribution in [0.2, 0.25) is 10.0 Å². The summed E-state index contributed by atoms with van der Waals surface area (Å²) in [5.41, 5.74) is 4.16. The number of hydrogen-bond donors (Lipinski definition) is 1. The Hall–Kier alpha value is -0.280. The summed E-state index contributed by atoms with van der Waals surface area (Å²) in [7, 11) is 1.64. The van der Waals surface area contributed by atoms with Gasteiger partial charge < -0.3 is 4.84 Å². The summed E-state index contributed by atoms with van der Waals surface area (Å²) in [5, 5.41) is 1.46. The van der Waals surface area contributed by atoms with E-state index in [-0.39, 0.29) is 0 Å². The average Bonchev–Trinajstić information content (AvgIpc) is 2.98. The smallest absolute Gasteiger partial charge is 0.0572 e.